The molecule has 90 valence electrons. The van der Waals surface area contributed by atoms with Crippen LogP contribution < -0.4 is 0 Å². The number of nitrogens with zero attached hydrogens (tertiary/aromatic N) is 2. The Morgan fingerprint density at radius 3 is 2.25 bits per heavy atom. The number of imidazole rings is 1. The smallest absolute Gasteiger partial charge is 0.178 e. The maximum atomic E-state index is 11.8. The van der Waals surface area contributed by atoms with Crippen LogP contribution in [0, 0.1) is 6.92 Å². The van der Waals surface area contributed by atoms with E-state index in [1.165, 1.54) is 6.92 Å². The van der Waals surface area contributed by atoms with E-state index in [4.69, 9.17) is 1.37 Å². The number of aryl methyl sites for hydroxylation is 1. The molecule has 1 heterocycles. The molecule has 3 nitrogen and oxygen atoms in total. The molecule has 0 radical (unpaired) electrons. The maximum absolute atomic E-state index is 11.8. The lowest BCUT2D eigenvalue weighted by atomic mass is 10.0. The molecule has 0 amide bonds. The minimum atomic E-state index is -0.859. The van der Waals surface area contributed by atoms with Gasteiger partial charge >= 0.3 is 0 Å². The van der Waals surface area contributed by atoms with Crippen LogP contribution in [0.15, 0.2) is 0 Å². The molecule has 3 heteroatoms. The lowest BCUT2D eigenvalue weighted by Crippen LogP contribution is -2.27. The number of hydrogen-bond donors (Lipinski definition) is 0. The van der Waals surface area contributed by atoms with Gasteiger partial charge in [0.25, 0.3) is 0 Å². The number of Topliss-reactive ketones (excluding diaryl/α,β-unsaturated/α-hetero) is 1. The minimum Gasteiger partial charge on any atom is -0.320 e. The topological polar surface area (TPSA) is 34.9 Å². The van der Waals surface area contributed by atoms with E-state index in [0.29, 0.717) is 11.4 Å². The second-order valence-corrected chi connectivity index (χ2v) is 5.42. The Bertz CT molecular complexity index is 447. The van der Waals surface area contributed by atoms with E-state index in [-0.39, 0.29) is 11.3 Å². The lowest BCUT2D eigenvalue weighted by molar-refractivity contribution is 0.0997. The zero-order valence-electron chi connectivity index (χ0n) is 12.3. The Kier molecular flexibility index (Phi) is 2.87. The minimum absolute atomic E-state index is 0.0316. The molecule has 0 unspecified atom stereocenters. The van der Waals surface area contributed by atoms with E-state index in [9.17, 15) is 4.79 Å². The van der Waals surface area contributed by atoms with Gasteiger partial charge in [0, 0.05) is 13.8 Å². The zero-order chi connectivity index (χ0) is 13.6. The Balaban J connectivity index is 3.64. The van der Waals surface area contributed by atoms with E-state index in [0.717, 1.165) is 5.82 Å². The molecule has 16 heavy (non-hydrogen) atoms. The SMILES string of the molecule is [2H]C(C)(C)c1nc(C)n(C(C)(C)C)c1C(C)=O. The van der Waals surface area contributed by atoms with E-state index in [1.54, 1.807) is 13.8 Å². The molecule has 0 N–H and O–H groups in total. The standard InChI is InChI=1S/C13H22N2O/c1-8(2)11-12(9(3)16)15(10(4)14-11)13(5,6)7/h8H,1-7H3/i8D. The fourth-order valence-corrected chi connectivity index (χ4v) is 2.03. The van der Waals surface area contributed by atoms with E-state index in [1.807, 2.05) is 32.3 Å². The molecule has 0 saturated heterocycles. The van der Waals surface area contributed by atoms with Crippen LogP contribution in [-0.2, 0) is 5.54 Å². The van der Waals surface area contributed by atoms with Gasteiger partial charge in [0.2, 0.25) is 0 Å². The first kappa shape index (κ1) is 11.4. The molecule has 0 aliphatic carbocycles. The summed E-state index contributed by atoms with van der Waals surface area (Å²) in [5.41, 5.74) is 0.925. The van der Waals surface area contributed by atoms with Gasteiger partial charge in [-0.1, -0.05) is 13.8 Å². The second-order valence-electron chi connectivity index (χ2n) is 5.42. The highest BCUT2D eigenvalue weighted by molar-refractivity contribution is 5.94. The fourth-order valence-electron chi connectivity index (χ4n) is 2.03. The van der Waals surface area contributed by atoms with E-state index >= 15 is 0 Å². The first-order chi connectivity index (χ1) is 7.46. The van der Waals surface area contributed by atoms with Crippen molar-refractivity contribution in [1.82, 2.24) is 9.55 Å². The van der Waals surface area contributed by atoms with Crippen molar-refractivity contribution >= 4 is 5.78 Å². The predicted molar refractivity (Wildman–Crippen MR) is 66.1 cm³/mol. The van der Waals surface area contributed by atoms with Gasteiger partial charge in [-0.25, -0.2) is 4.98 Å². The number of hydrogen-bond acceptors (Lipinski definition) is 2. The zero-order valence-corrected chi connectivity index (χ0v) is 11.3. The number of carbonyl (C=O) groups excluding carboxylic acids is 1. The summed E-state index contributed by atoms with van der Waals surface area (Å²) < 4.78 is 10.0. The van der Waals surface area contributed by atoms with Gasteiger partial charge in [0.05, 0.1) is 5.69 Å². The Labute approximate surface area is 99.3 Å². The van der Waals surface area contributed by atoms with Crippen LogP contribution in [0.3, 0.4) is 0 Å². The Hall–Kier alpha value is -1.12. The summed E-state index contributed by atoms with van der Waals surface area (Å²) in [5.74, 6) is -0.101. The number of aromatic nitrogens is 2. The summed E-state index contributed by atoms with van der Waals surface area (Å²) in [4.78, 5) is 16.3. The molecule has 0 bridgehead atoms. The van der Waals surface area contributed by atoms with Crippen molar-refractivity contribution in [1.29, 1.82) is 0 Å². The van der Waals surface area contributed by atoms with Crippen molar-refractivity contribution in [2.75, 3.05) is 0 Å². The molecule has 1 aromatic rings. The molecule has 0 aliphatic rings. The highest BCUT2D eigenvalue weighted by atomic mass is 16.1. The second kappa shape index (κ2) is 4.04. The van der Waals surface area contributed by atoms with Gasteiger partial charge in [-0.3, -0.25) is 4.79 Å². The maximum Gasteiger partial charge on any atom is 0.178 e. The number of rotatable bonds is 2. The van der Waals surface area contributed by atoms with Crippen LogP contribution in [0.25, 0.3) is 0 Å². The molecule has 0 spiro atoms. The molecule has 1 rings (SSSR count). The summed E-state index contributed by atoms with van der Waals surface area (Å²) in [6, 6.07) is 0. The van der Waals surface area contributed by atoms with Gasteiger partial charge in [0.15, 0.2) is 5.78 Å². The van der Waals surface area contributed by atoms with Gasteiger partial charge in [-0.15, -0.1) is 0 Å². The molecule has 0 atom stereocenters. The average Bonchev–Trinajstić information content (AvgIpc) is 2.40. The fraction of sp³-hybridized carbons (Fsp3) is 0.692. The van der Waals surface area contributed by atoms with Gasteiger partial charge < -0.3 is 4.57 Å². The van der Waals surface area contributed by atoms with Crippen molar-refractivity contribution in [2.24, 2.45) is 0 Å². The summed E-state index contributed by atoms with van der Waals surface area (Å²) in [7, 11) is 0. The van der Waals surface area contributed by atoms with Crippen molar-refractivity contribution in [3.63, 3.8) is 0 Å². The van der Waals surface area contributed by atoms with Crippen LogP contribution in [0.4, 0.5) is 0 Å². The van der Waals surface area contributed by atoms with Crippen molar-refractivity contribution in [3.05, 3.63) is 17.2 Å². The van der Waals surface area contributed by atoms with Crippen LogP contribution in [0.1, 0.15) is 70.8 Å². The molecule has 0 fully saturated rings. The van der Waals surface area contributed by atoms with Crippen LogP contribution in [0.5, 0.6) is 0 Å². The van der Waals surface area contributed by atoms with Crippen LogP contribution in [-0.4, -0.2) is 15.3 Å². The first-order valence-corrected chi connectivity index (χ1v) is 5.57. The largest absolute Gasteiger partial charge is 0.320 e. The predicted octanol–water partition coefficient (Wildman–Crippen LogP) is 3.27. The summed E-state index contributed by atoms with van der Waals surface area (Å²) in [5, 5.41) is 0. The summed E-state index contributed by atoms with van der Waals surface area (Å²) in [6.45, 7) is 13.0. The molecular formula is C13H22N2O. The molecule has 0 aromatic carbocycles. The lowest BCUT2D eigenvalue weighted by Gasteiger charge is -2.25. The van der Waals surface area contributed by atoms with E-state index < -0.39 is 5.89 Å². The van der Waals surface area contributed by atoms with Crippen LogP contribution in [0.2, 0.25) is 0 Å². The van der Waals surface area contributed by atoms with Crippen molar-refractivity contribution in [3.8, 4) is 0 Å². The molecular weight excluding hydrogens is 200 g/mol. The monoisotopic (exact) mass is 223 g/mol. The quantitative estimate of drug-likeness (QED) is 0.721. The third kappa shape index (κ3) is 2.18. The highest BCUT2D eigenvalue weighted by Gasteiger charge is 2.26. The molecule has 0 aliphatic heterocycles. The summed E-state index contributed by atoms with van der Waals surface area (Å²) in [6.07, 6.45) is 0. The third-order valence-electron chi connectivity index (χ3n) is 2.52. The van der Waals surface area contributed by atoms with Crippen LogP contribution >= 0.6 is 0 Å². The van der Waals surface area contributed by atoms with Crippen molar-refractivity contribution < 1.29 is 6.17 Å². The first-order valence-electron chi connectivity index (χ1n) is 6.07. The molecule has 1 aromatic heterocycles. The third-order valence-corrected chi connectivity index (χ3v) is 2.52. The van der Waals surface area contributed by atoms with Gasteiger partial charge in [-0.2, -0.15) is 0 Å². The normalized spacial score (nSPS) is 13.8. The number of ketones is 1. The molecule has 0 saturated carbocycles. The summed E-state index contributed by atoms with van der Waals surface area (Å²) >= 11 is 0. The Morgan fingerprint density at radius 1 is 1.44 bits per heavy atom. The Morgan fingerprint density at radius 2 is 1.94 bits per heavy atom. The number of carbonyl (C=O) groups is 1. The highest BCUT2D eigenvalue weighted by Crippen LogP contribution is 2.27. The van der Waals surface area contributed by atoms with E-state index in [2.05, 4.69) is 4.98 Å². The van der Waals surface area contributed by atoms with Crippen molar-refractivity contribution in [2.45, 2.75) is 59.9 Å². The average molecular weight is 223 g/mol. The van der Waals surface area contributed by atoms with Gasteiger partial charge in [-0.05, 0) is 33.6 Å². The van der Waals surface area contributed by atoms with Gasteiger partial charge in [0.1, 0.15) is 11.5 Å².